The number of hydrogen-bond acceptors (Lipinski definition) is 3. The Morgan fingerprint density at radius 2 is 2.06 bits per heavy atom. The van der Waals surface area contributed by atoms with Crippen LogP contribution < -0.4 is 0 Å². The molecule has 0 amide bonds. The molecule has 1 atom stereocenters. The van der Waals surface area contributed by atoms with E-state index in [0.29, 0.717) is 0 Å². The third-order valence-corrected chi connectivity index (χ3v) is 4.13. The lowest BCUT2D eigenvalue weighted by Gasteiger charge is -2.18. The topological polar surface area (TPSA) is 61.2 Å². The summed E-state index contributed by atoms with van der Waals surface area (Å²) in [6.45, 7) is 1.64. The van der Waals surface area contributed by atoms with Crippen LogP contribution in [0.25, 0.3) is 0 Å². The van der Waals surface area contributed by atoms with Crippen molar-refractivity contribution in [2.45, 2.75) is 11.8 Å². The van der Waals surface area contributed by atoms with Crippen molar-refractivity contribution in [2.75, 3.05) is 13.6 Å². The second kappa shape index (κ2) is 5.25. The number of halogens is 1. The van der Waals surface area contributed by atoms with Crippen molar-refractivity contribution in [3.05, 3.63) is 30.1 Å². The lowest BCUT2D eigenvalue weighted by atomic mass is 10.2. The fraction of sp³-hybridized carbons (Fsp3) is 0.364. The normalized spacial score (nSPS) is 13.4. The first kappa shape index (κ1) is 13.6. The summed E-state index contributed by atoms with van der Waals surface area (Å²) in [5, 5.41) is 8.63. The van der Waals surface area contributed by atoms with E-state index in [1.807, 2.05) is 6.07 Å². The molecule has 1 aromatic carbocycles. The van der Waals surface area contributed by atoms with Gasteiger partial charge in [-0.3, -0.25) is 0 Å². The third kappa shape index (κ3) is 3.02. The van der Waals surface area contributed by atoms with Crippen LogP contribution in [0, 0.1) is 23.1 Å². The molecule has 0 saturated heterocycles. The highest BCUT2D eigenvalue weighted by Gasteiger charge is 2.25. The van der Waals surface area contributed by atoms with E-state index >= 15 is 0 Å². The van der Waals surface area contributed by atoms with Crippen molar-refractivity contribution in [2.24, 2.45) is 5.92 Å². The molecule has 4 nitrogen and oxygen atoms in total. The smallest absolute Gasteiger partial charge is 0.207 e. The Balaban J connectivity index is 3.05. The zero-order valence-electron chi connectivity index (χ0n) is 9.59. The van der Waals surface area contributed by atoms with Crippen LogP contribution in [0.4, 0.5) is 4.39 Å². The molecular weight excluding hydrogens is 243 g/mol. The quantitative estimate of drug-likeness (QED) is 0.822. The second-order valence-corrected chi connectivity index (χ2v) is 5.76. The van der Waals surface area contributed by atoms with Crippen molar-refractivity contribution in [3.8, 4) is 6.07 Å². The first-order valence-corrected chi connectivity index (χ1v) is 6.44. The Hall–Kier alpha value is -1.45. The maximum absolute atomic E-state index is 13.4. The molecule has 0 N–H and O–H groups in total. The van der Waals surface area contributed by atoms with Crippen LogP contribution in [0.1, 0.15) is 6.92 Å². The van der Waals surface area contributed by atoms with E-state index in [9.17, 15) is 12.8 Å². The molecule has 0 bridgehead atoms. The van der Waals surface area contributed by atoms with E-state index < -0.39 is 21.8 Å². The summed E-state index contributed by atoms with van der Waals surface area (Å²) in [5.74, 6) is -1.23. The van der Waals surface area contributed by atoms with Gasteiger partial charge in [0.1, 0.15) is 10.7 Å². The van der Waals surface area contributed by atoms with Gasteiger partial charge in [-0.25, -0.2) is 12.8 Å². The number of nitrogens with zero attached hydrogens (tertiary/aromatic N) is 2. The van der Waals surface area contributed by atoms with Crippen molar-refractivity contribution in [1.82, 2.24) is 4.31 Å². The Labute approximate surface area is 100 Å². The Morgan fingerprint density at radius 3 is 2.59 bits per heavy atom. The van der Waals surface area contributed by atoms with Gasteiger partial charge in [0.25, 0.3) is 0 Å². The number of nitriles is 1. The number of hydrogen-bond donors (Lipinski definition) is 0. The average Bonchev–Trinajstić information content (AvgIpc) is 2.29. The van der Waals surface area contributed by atoms with Crippen LogP contribution in [-0.2, 0) is 10.0 Å². The van der Waals surface area contributed by atoms with E-state index in [-0.39, 0.29) is 11.4 Å². The summed E-state index contributed by atoms with van der Waals surface area (Å²) in [4.78, 5) is -0.368. The molecule has 92 valence electrons. The van der Waals surface area contributed by atoms with E-state index in [1.54, 1.807) is 6.92 Å². The minimum atomic E-state index is -3.87. The summed E-state index contributed by atoms with van der Waals surface area (Å²) in [6, 6.07) is 7.11. The van der Waals surface area contributed by atoms with Crippen molar-refractivity contribution in [3.63, 3.8) is 0 Å². The minimum Gasteiger partial charge on any atom is -0.207 e. The maximum Gasteiger partial charge on any atom is 0.245 e. The first-order chi connectivity index (χ1) is 7.89. The fourth-order valence-electron chi connectivity index (χ4n) is 1.35. The van der Waals surface area contributed by atoms with Gasteiger partial charge in [-0.2, -0.15) is 9.57 Å². The predicted octanol–water partition coefficient (Wildman–Crippen LogP) is 1.61. The van der Waals surface area contributed by atoms with E-state index in [0.717, 1.165) is 10.4 Å². The molecule has 0 aliphatic heterocycles. The molecule has 1 aromatic rings. The summed E-state index contributed by atoms with van der Waals surface area (Å²) in [6.07, 6.45) is 0. The summed E-state index contributed by atoms with van der Waals surface area (Å²) >= 11 is 0. The minimum absolute atomic E-state index is 0.0349. The van der Waals surface area contributed by atoms with Crippen LogP contribution in [-0.4, -0.2) is 26.3 Å². The zero-order valence-corrected chi connectivity index (χ0v) is 10.4. The molecule has 0 aliphatic carbocycles. The SMILES string of the molecule is CC(C#N)CN(C)S(=O)(=O)c1ccccc1F. The van der Waals surface area contributed by atoms with Gasteiger partial charge in [-0.05, 0) is 19.1 Å². The van der Waals surface area contributed by atoms with Crippen LogP contribution in [0.2, 0.25) is 0 Å². The van der Waals surface area contributed by atoms with Gasteiger partial charge in [0.05, 0.1) is 12.0 Å². The van der Waals surface area contributed by atoms with E-state index in [1.165, 1.54) is 25.2 Å². The molecule has 0 fully saturated rings. The summed E-state index contributed by atoms with van der Waals surface area (Å²) in [7, 11) is -2.54. The summed E-state index contributed by atoms with van der Waals surface area (Å²) in [5.41, 5.74) is 0. The Bertz CT molecular complexity index is 537. The fourth-order valence-corrected chi connectivity index (χ4v) is 2.67. The van der Waals surface area contributed by atoms with Crippen molar-refractivity contribution in [1.29, 1.82) is 5.26 Å². The largest absolute Gasteiger partial charge is 0.245 e. The summed E-state index contributed by atoms with van der Waals surface area (Å²) < 4.78 is 38.3. The molecule has 0 radical (unpaired) electrons. The van der Waals surface area contributed by atoms with Crippen LogP contribution >= 0.6 is 0 Å². The molecular formula is C11H13FN2O2S. The predicted molar refractivity (Wildman–Crippen MR) is 61.0 cm³/mol. The van der Waals surface area contributed by atoms with Gasteiger partial charge < -0.3 is 0 Å². The number of benzene rings is 1. The highest BCUT2D eigenvalue weighted by Crippen LogP contribution is 2.18. The van der Waals surface area contributed by atoms with Crippen molar-refractivity contribution >= 4 is 10.0 Å². The molecule has 0 spiro atoms. The van der Waals surface area contributed by atoms with Gasteiger partial charge in [-0.1, -0.05) is 12.1 Å². The van der Waals surface area contributed by atoms with Gasteiger partial charge in [0, 0.05) is 13.6 Å². The van der Waals surface area contributed by atoms with Gasteiger partial charge in [-0.15, -0.1) is 0 Å². The monoisotopic (exact) mass is 256 g/mol. The highest BCUT2D eigenvalue weighted by molar-refractivity contribution is 7.89. The van der Waals surface area contributed by atoms with Gasteiger partial charge in [0.15, 0.2) is 0 Å². The molecule has 0 aliphatic rings. The molecule has 1 unspecified atom stereocenters. The number of sulfonamides is 1. The number of rotatable bonds is 4. The van der Waals surface area contributed by atoms with E-state index in [4.69, 9.17) is 5.26 Å². The van der Waals surface area contributed by atoms with E-state index in [2.05, 4.69) is 0 Å². The van der Waals surface area contributed by atoms with Gasteiger partial charge >= 0.3 is 0 Å². The molecule has 1 rings (SSSR count). The lowest BCUT2D eigenvalue weighted by Crippen LogP contribution is -2.31. The van der Waals surface area contributed by atoms with Crippen molar-refractivity contribution < 1.29 is 12.8 Å². The molecule has 6 heteroatoms. The maximum atomic E-state index is 13.4. The second-order valence-electron chi connectivity index (χ2n) is 3.75. The lowest BCUT2D eigenvalue weighted by molar-refractivity contribution is 0.434. The molecule has 17 heavy (non-hydrogen) atoms. The molecule has 0 saturated carbocycles. The zero-order chi connectivity index (χ0) is 13.1. The Kier molecular flexibility index (Phi) is 4.21. The van der Waals surface area contributed by atoms with Crippen LogP contribution in [0.3, 0.4) is 0 Å². The standard InChI is InChI=1S/C11H13FN2O2S/c1-9(7-13)8-14(2)17(15,16)11-6-4-3-5-10(11)12/h3-6,9H,8H2,1-2H3. The highest BCUT2D eigenvalue weighted by atomic mass is 32.2. The average molecular weight is 256 g/mol. The third-order valence-electron chi connectivity index (χ3n) is 2.28. The van der Waals surface area contributed by atoms with Crippen LogP contribution in [0.5, 0.6) is 0 Å². The Morgan fingerprint density at radius 1 is 1.47 bits per heavy atom. The molecule has 0 heterocycles. The molecule has 0 aromatic heterocycles. The van der Waals surface area contributed by atoms with Gasteiger partial charge in [0.2, 0.25) is 10.0 Å². The first-order valence-electron chi connectivity index (χ1n) is 5.00. The van der Waals surface area contributed by atoms with Crippen LogP contribution in [0.15, 0.2) is 29.2 Å².